The van der Waals surface area contributed by atoms with E-state index in [-0.39, 0.29) is 0 Å². The second-order valence-electron chi connectivity index (χ2n) is 6.31. The second-order valence-corrected chi connectivity index (χ2v) is 6.31. The molecule has 3 N–H and O–H groups in total. The molecule has 0 radical (unpaired) electrons. The van der Waals surface area contributed by atoms with Crippen molar-refractivity contribution in [2.75, 3.05) is 18.0 Å². The Hall–Kier alpha value is -3.03. The van der Waals surface area contributed by atoms with E-state index < -0.39 is 11.9 Å². The quantitative estimate of drug-likeness (QED) is 0.727. The highest BCUT2D eigenvalue weighted by atomic mass is 16.3. The molecule has 138 valence electrons. The topological polar surface area (TPSA) is 99.5 Å². The SMILES string of the molecule is Cc1cc(C(=O)NNC(=O)NCc2ccc(N3CCCC3)nc2)c(C)o1. The van der Waals surface area contributed by atoms with Crippen LogP contribution >= 0.6 is 0 Å². The van der Waals surface area contributed by atoms with E-state index in [1.54, 1.807) is 26.1 Å². The van der Waals surface area contributed by atoms with Crippen molar-refractivity contribution in [1.82, 2.24) is 21.2 Å². The summed E-state index contributed by atoms with van der Waals surface area (Å²) in [6, 6.07) is 5.03. The zero-order chi connectivity index (χ0) is 18.5. The normalized spacial score (nSPS) is 13.5. The van der Waals surface area contributed by atoms with Crippen LogP contribution < -0.4 is 21.1 Å². The maximum Gasteiger partial charge on any atom is 0.333 e. The van der Waals surface area contributed by atoms with Crippen LogP contribution in [0.15, 0.2) is 28.8 Å². The molecular formula is C18H23N5O3. The molecule has 8 nitrogen and oxygen atoms in total. The highest BCUT2D eigenvalue weighted by molar-refractivity contribution is 5.96. The number of aromatic nitrogens is 1. The van der Waals surface area contributed by atoms with Crippen LogP contribution in [0, 0.1) is 13.8 Å². The number of furan rings is 1. The Labute approximate surface area is 151 Å². The van der Waals surface area contributed by atoms with E-state index in [9.17, 15) is 9.59 Å². The van der Waals surface area contributed by atoms with Crippen LogP contribution in [0.5, 0.6) is 0 Å². The molecule has 0 saturated carbocycles. The summed E-state index contributed by atoms with van der Waals surface area (Å²) in [5.41, 5.74) is 5.95. The van der Waals surface area contributed by atoms with E-state index in [2.05, 4.69) is 26.1 Å². The number of carbonyl (C=O) groups excluding carboxylic acids is 2. The predicted octanol–water partition coefficient (Wildman–Crippen LogP) is 2.04. The molecule has 26 heavy (non-hydrogen) atoms. The van der Waals surface area contributed by atoms with Crippen LogP contribution in [-0.4, -0.2) is 30.0 Å². The van der Waals surface area contributed by atoms with E-state index in [0.29, 0.717) is 23.6 Å². The Balaban J connectivity index is 1.43. The lowest BCUT2D eigenvalue weighted by atomic mass is 10.2. The summed E-state index contributed by atoms with van der Waals surface area (Å²) in [6.45, 7) is 5.86. The van der Waals surface area contributed by atoms with Gasteiger partial charge in [-0.25, -0.2) is 15.2 Å². The standard InChI is InChI=1S/C18H23N5O3/c1-12-9-15(13(2)26-12)17(24)21-22-18(25)20-11-14-5-6-16(19-10-14)23-7-3-4-8-23/h5-6,9-10H,3-4,7-8,11H2,1-2H3,(H,21,24)(H2,20,22,25). The van der Waals surface area contributed by atoms with Crippen LogP contribution in [0.1, 0.15) is 40.3 Å². The van der Waals surface area contributed by atoms with Crippen molar-refractivity contribution in [3.63, 3.8) is 0 Å². The number of nitrogens with zero attached hydrogens (tertiary/aromatic N) is 2. The average molecular weight is 357 g/mol. The fourth-order valence-corrected chi connectivity index (χ4v) is 2.92. The van der Waals surface area contributed by atoms with Gasteiger partial charge in [0, 0.05) is 25.8 Å². The first-order valence-electron chi connectivity index (χ1n) is 8.64. The Morgan fingerprint density at radius 2 is 1.96 bits per heavy atom. The van der Waals surface area contributed by atoms with Gasteiger partial charge >= 0.3 is 6.03 Å². The second kappa shape index (κ2) is 7.90. The molecule has 1 fully saturated rings. The van der Waals surface area contributed by atoms with Crippen molar-refractivity contribution in [1.29, 1.82) is 0 Å². The van der Waals surface area contributed by atoms with Gasteiger partial charge in [-0.3, -0.25) is 10.2 Å². The smallest absolute Gasteiger partial charge is 0.333 e. The first kappa shape index (κ1) is 17.8. The van der Waals surface area contributed by atoms with Gasteiger partial charge in [0.2, 0.25) is 0 Å². The molecule has 3 rings (SSSR count). The first-order chi connectivity index (χ1) is 12.5. The van der Waals surface area contributed by atoms with Crippen molar-refractivity contribution >= 4 is 17.8 Å². The molecule has 0 aliphatic carbocycles. The van der Waals surface area contributed by atoms with Gasteiger partial charge in [-0.05, 0) is 44.4 Å². The number of hydrazine groups is 1. The number of hydrogen-bond acceptors (Lipinski definition) is 5. The summed E-state index contributed by atoms with van der Waals surface area (Å²) in [7, 11) is 0. The van der Waals surface area contributed by atoms with Crippen molar-refractivity contribution in [3.05, 3.63) is 47.0 Å². The zero-order valence-corrected chi connectivity index (χ0v) is 15.0. The third kappa shape index (κ3) is 4.33. The highest BCUT2D eigenvalue weighted by Crippen LogP contribution is 2.17. The van der Waals surface area contributed by atoms with Gasteiger partial charge in [0.05, 0.1) is 5.56 Å². The van der Waals surface area contributed by atoms with Gasteiger partial charge in [0.15, 0.2) is 0 Å². The summed E-state index contributed by atoms with van der Waals surface area (Å²) in [5, 5.41) is 2.67. The molecule has 1 aliphatic rings. The predicted molar refractivity (Wildman–Crippen MR) is 96.7 cm³/mol. The molecule has 0 atom stereocenters. The molecule has 2 aromatic heterocycles. The lowest BCUT2D eigenvalue weighted by molar-refractivity contribution is 0.0934. The summed E-state index contributed by atoms with van der Waals surface area (Å²) in [6.07, 6.45) is 4.16. The number of carbonyl (C=O) groups is 2. The summed E-state index contributed by atoms with van der Waals surface area (Å²) in [4.78, 5) is 30.5. The van der Waals surface area contributed by atoms with Crippen LogP contribution in [0.25, 0.3) is 0 Å². The molecule has 0 unspecified atom stereocenters. The third-order valence-corrected chi connectivity index (χ3v) is 4.27. The molecule has 1 saturated heterocycles. The molecule has 0 spiro atoms. The molecule has 8 heteroatoms. The van der Waals surface area contributed by atoms with E-state index in [1.165, 1.54) is 12.8 Å². The first-order valence-corrected chi connectivity index (χ1v) is 8.64. The zero-order valence-electron chi connectivity index (χ0n) is 15.0. The van der Waals surface area contributed by atoms with Crippen molar-refractivity contribution in [2.45, 2.75) is 33.2 Å². The van der Waals surface area contributed by atoms with Gasteiger partial charge in [-0.15, -0.1) is 0 Å². The Bertz CT molecular complexity index is 779. The molecule has 3 heterocycles. The minimum absolute atomic E-state index is 0.318. The van der Waals surface area contributed by atoms with Crippen LogP contribution in [0.4, 0.5) is 10.6 Å². The Kier molecular flexibility index (Phi) is 5.40. The molecule has 1 aliphatic heterocycles. The molecule has 0 aromatic carbocycles. The van der Waals surface area contributed by atoms with Crippen molar-refractivity contribution in [3.8, 4) is 0 Å². The van der Waals surface area contributed by atoms with Crippen LogP contribution in [-0.2, 0) is 6.54 Å². The third-order valence-electron chi connectivity index (χ3n) is 4.27. The van der Waals surface area contributed by atoms with Gasteiger partial charge in [0.25, 0.3) is 5.91 Å². The number of hydrogen-bond donors (Lipinski definition) is 3. The number of rotatable bonds is 4. The van der Waals surface area contributed by atoms with Gasteiger partial charge in [-0.2, -0.15) is 0 Å². The lowest BCUT2D eigenvalue weighted by Gasteiger charge is -2.16. The van der Waals surface area contributed by atoms with Crippen LogP contribution in [0.3, 0.4) is 0 Å². The van der Waals surface area contributed by atoms with E-state index >= 15 is 0 Å². The number of pyridine rings is 1. The molecular weight excluding hydrogens is 334 g/mol. The van der Waals surface area contributed by atoms with Gasteiger partial charge < -0.3 is 14.6 Å². The Morgan fingerprint density at radius 3 is 2.58 bits per heavy atom. The van der Waals surface area contributed by atoms with E-state index in [0.717, 1.165) is 24.5 Å². The fourth-order valence-electron chi connectivity index (χ4n) is 2.92. The Morgan fingerprint density at radius 1 is 1.19 bits per heavy atom. The molecule has 0 bridgehead atoms. The monoisotopic (exact) mass is 357 g/mol. The van der Waals surface area contributed by atoms with E-state index in [1.807, 2.05) is 12.1 Å². The largest absolute Gasteiger partial charge is 0.466 e. The maximum absolute atomic E-state index is 12.0. The van der Waals surface area contributed by atoms with Crippen molar-refractivity contribution < 1.29 is 14.0 Å². The summed E-state index contributed by atoms with van der Waals surface area (Å²) < 4.78 is 5.29. The summed E-state index contributed by atoms with van der Waals surface area (Å²) in [5.74, 6) is 1.69. The number of aryl methyl sites for hydroxylation is 2. The molecule has 3 amide bonds. The fraction of sp³-hybridized carbons (Fsp3) is 0.389. The van der Waals surface area contributed by atoms with Crippen molar-refractivity contribution in [2.24, 2.45) is 0 Å². The minimum Gasteiger partial charge on any atom is -0.466 e. The number of urea groups is 1. The number of nitrogens with one attached hydrogen (secondary N) is 3. The molecule has 2 aromatic rings. The lowest BCUT2D eigenvalue weighted by Crippen LogP contribution is -2.46. The van der Waals surface area contributed by atoms with E-state index in [4.69, 9.17) is 4.42 Å². The van der Waals surface area contributed by atoms with Gasteiger partial charge in [0.1, 0.15) is 17.3 Å². The van der Waals surface area contributed by atoms with Gasteiger partial charge in [-0.1, -0.05) is 6.07 Å². The van der Waals surface area contributed by atoms with Crippen LogP contribution in [0.2, 0.25) is 0 Å². The highest BCUT2D eigenvalue weighted by Gasteiger charge is 2.15. The summed E-state index contributed by atoms with van der Waals surface area (Å²) >= 11 is 0. The number of amides is 3. The average Bonchev–Trinajstić information content (AvgIpc) is 3.28. The number of anilines is 1. The minimum atomic E-state index is -0.500. The maximum atomic E-state index is 12.0.